The van der Waals surface area contributed by atoms with Crippen LogP contribution in [0.15, 0.2) is 12.4 Å². The Morgan fingerprint density at radius 1 is 1.44 bits per heavy atom. The van der Waals surface area contributed by atoms with E-state index in [0.717, 1.165) is 19.3 Å². The number of hydrogen-bond donors (Lipinski definition) is 1. The molecule has 0 saturated heterocycles. The summed E-state index contributed by atoms with van der Waals surface area (Å²) in [5.74, 6) is 0.884. The lowest BCUT2D eigenvalue weighted by Crippen LogP contribution is -2.25. The van der Waals surface area contributed by atoms with Gasteiger partial charge in [-0.3, -0.25) is 4.79 Å². The van der Waals surface area contributed by atoms with Crippen LogP contribution in [0.2, 0.25) is 5.15 Å². The third-order valence-corrected chi connectivity index (χ3v) is 3.37. The maximum absolute atomic E-state index is 11.9. The fourth-order valence-electron chi connectivity index (χ4n) is 2.15. The van der Waals surface area contributed by atoms with Gasteiger partial charge in [-0.1, -0.05) is 24.9 Å². The highest BCUT2D eigenvalue weighted by Crippen LogP contribution is 2.32. The number of nitrogens with zero attached hydrogens (tertiary/aromatic N) is 2. The molecule has 0 bridgehead atoms. The van der Waals surface area contributed by atoms with Crippen LogP contribution in [0.5, 0.6) is 0 Å². The average Bonchev–Trinajstić information content (AvgIpc) is 2.68. The highest BCUT2D eigenvalue weighted by Gasteiger charge is 2.30. The van der Waals surface area contributed by atoms with Crippen molar-refractivity contribution in [1.82, 2.24) is 9.97 Å². The molecule has 86 valence electrons. The van der Waals surface area contributed by atoms with Crippen molar-refractivity contribution in [3.8, 4) is 0 Å². The van der Waals surface area contributed by atoms with Gasteiger partial charge < -0.3 is 5.32 Å². The minimum Gasteiger partial charge on any atom is -0.308 e. The Morgan fingerprint density at radius 2 is 2.19 bits per heavy atom. The fourth-order valence-corrected chi connectivity index (χ4v) is 2.30. The number of amides is 1. The molecule has 0 aromatic carbocycles. The third-order valence-electron chi connectivity index (χ3n) is 3.09. The number of carbonyl (C=O) groups is 1. The first-order valence-corrected chi connectivity index (χ1v) is 5.83. The normalized spacial score (nSPS) is 24.4. The van der Waals surface area contributed by atoms with E-state index in [0.29, 0.717) is 11.7 Å². The number of rotatable bonds is 2. The molecule has 2 unspecified atom stereocenters. The van der Waals surface area contributed by atoms with Crippen molar-refractivity contribution in [2.75, 3.05) is 5.32 Å². The molecule has 1 aliphatic rings. The topological polar surface area (TPSA) is 54.9 Å². The molecule has 0 aliphatic heterocycles. The van der Waals surface area contributed by atoms with Crippen LogP contribution in [-0.2, 0) is 4.79 Å². The van der Waals surface area contributed by atoms with Crippen LogP contribution in [0.4, 0.5) is 5.82 Å². The summed E-state index contributed by atoms with van der Waals surface area (Å²) in [5.41, 5.74) is 0. The number of aromatic nitrogens is 2. The molecule has 1 aromatic heterocycles. The lowest BCUT2D eigenvalue weighted by molar-refractivity contribution is -0.120. The van der Waals surface area contributed by atoms with Gasteiger partial charge in [0.25, 0.3) is 0 Å². The Kier molecular flexibility index (Phi) is 3.39. The molecule has 1 fully saturated rings. The van der Waals surface area contributed by atoms with Gasteiger partial charge in [0.2, 0.25) is 5.91 Å². The van der Waals surface area contributed by atoms with Gasteiger partial charge >= 0.3 is 0 Å². The molecule has 1 aromatic rings. The summed E-state index contributed by atoms with van der Waals surface area (Å²) in [5, 5.41) is 2.98. The van der Waals surface area contributed by atoms with Crippen LogP contribution in [0.25, 0.3) is 0 Å². The molecule has 5 heteroatoms. The zero-order valence-corrected chi connectivity index (χ0v) is 9.87. The van der Waals surface area contributed by atoms with E-state index in [1.54, 1.807) is 0 Å². The lowest BCUT2D eigenvalue weighted by Gasteiger charge is -2.14. The Bertz CT molecular complexity index is 397. The standard InChI is InChI=1S/C11H14ClN3O/c1-7-3-2-4-8(7)11(16)15-10-9(12)13-5-6-14-10/h5-8H,2-4H2,1H3,(H,14,15,16). The van der Waals surface area contributed by atoms with Gasteiger partial charge in [0.1, 0.15) is 0 Å². The second-order valence-corrected chi connectivity index (χ2v) is 4.56. The molecular formula is C11H14ClN3O. The summed E-state index contributed by atoms with van der Waals surface area (Å²) in [4.78, 5) is 19.8. The first-order valence-electron chi connectivity index (χ1n) is 5.46. The molecule has 4 nitrogen and oxygen atoms in total. The Labute approximate surface area is 99.4 Å². The fraction of sp³-hybridized carbons (Fsp3) is 0.545. The molecular weight excluding hydrogens is 226 g/mol. The van der Waals surface area contributed by atoms with Crippen LogP contribution >= 0.6 is 11.6 Å². The summed E-state index contributed by atoms with van der Waals surface area (Å²) >= 11 is 5.82. The molecule has 1 amide bonds. The van der Waals surface area contributed by atoms with Crippen molar-refractivity contribution < 1.29 is 4.79 Å². The average molecular weight is 240 g/mol. The van der Waals surface area contributed by atoms with E-state index in [4.69, 9.17) is 11.6 Å². The molecule has 2 atom stereocenters. The van der Waals surface area contributed by atoms with Crippen molar-refractivity contribution in [2.45, 2.75) is 26.2 Å². The highest BCUT2D eigenvalue weighted by molar-refractivity contribution is 6.32. The van der Waals surface area contributed by atoms with Gasteiger partial charge in [0.15, 0.2) is 11.0 Å². The summed E-state index contributed by atoms with van der Waals surface area (Å²) in [6.07, 6.45) is 6.19. The summed E-state index contributed by atoms with van der Waals surface area (Å²) in [6.45, 7) is 2.11. The van der Waals surface area contributed by atoms with Gasteiger partial charge in [-0.25, -0.2) is 9.97 Å². The second kappa shape index (κ2) is 4.78. The Balaban J connectivity index is 2.05. The number of halogens is 1. The minimum absolute atomic E-state index is 0.00685. The van der Waals surface area contributed by atoms with E-state index < -0.39 is 0 Å². The SMILES string of the molecule is CC1CCCC1C(=O)Nc1nccnc1Cl. The first kappa shape index (κ1) is 11.3. The van der Waals surface area contributed by atoms with Crippen molar-refractivity contribution in [2.24, 2.45) is 11.8 Å². The van der Waals surface area contributed by atoms with Crippen LogP contribution in [0, 0.1) is 11.8 Å². The van der Waals surface area contributed by atoms with Crippen LogP contribution in [0.3, 0.4) is 0 Å². The van der Waals surface area contributed by atoms with E-state index in [2.05, 4.69) is 22.2 Å². The number of hydrogen-bond acceptors (Lipinski definition) is 3. The van der Waals surface area contributed by atoms with Crippen molar-refractivity contribution in [1.29, 1.82) is 0 Å². The van der Waals surface area contributed by atoms with E-state index >= 15 is 0 Å². The minimum atomic E-state index is 0.00685. The zero-order valence-electron chi connectivity index (χ0n) is 9.11. The summed E-state index contributed by atoms with van der Waals surface area (Å²) < 4.78 is 0. The van der Waals surface area contributed by atoms with Gasteiger partial charge in [-0.2, -0.15) is 0 Å². The smallest absolute Gasteiger partial charge is 0.228 e. The van der Waals surface area contributed by atoms with Crippen molar-refractivity contribution >= 4 is 23.3 Å². The molecule has 16 heavy (non-hydrogen) atoms. The Hall–Kier alpha value is -1.16. The third kappa shape index (κ3) is 2.32. The molecule has 1 saturated carbocycles. The predicted octanol–water partition coefficient (Wildman–Crippen LogP) is 2.50. The van der Waals surface area contributed by atoms with E-state index in [9.17, 15) is 4.79 Å². The van der Waals surface area contributed by atoms with Gasteiger partial charge in [-0.15, -0.1) is 0 Å². The summed E-state index contributed by atoms with van der Waals surface area (Å²) in [6, 6.07) is 0. The number of anilines is 1. The molecule has 0 spiro atoms. The predicted molar refractivity (Wildman–Crippen MR) is 62.2 cm³/mol. The van der Waals surface area contributed by atoms with E-state index in [1.807, 2.05) is 0 Å². The van der Waals surface area contributed by atoms with Crippen molar-refractivity contribution in [3.05, 3.63) is 17.5 Å². The largest absolute Gasteiger partial charge is 0.308 e. The van der Waals surface area contributed by atoms with Gasteiger partial charge in [0.05, 0.1) is 0 Å². The van der Waals surface area contributed by atoms with Gasteiger partial charge in [-0.05, 0) is 18.8 Å². The second-order valence-electron chi connectivity index (χ2n) is 4.20. The maximum atomic E-state index is 11.9. The van der Waals surface area contributed by atoms with Crippen LogP contribution in [0.1, 0.15) is 26.2 Å². The quantitative estimate of drug-likeness (QED) is 0.863. The maximum Gasteiger partial charge on any atom is 0.228 e. The van der Waals surface area contributed by atoms with Gasteiger partial charge in [0, 0.05) is 18.3 Å². The lowest BCUT2D eigenvalue weighted by atomic mass is 9.97. The number of nitrogens with one attached hydrogen (secondary N) is 1. The molecule has 0 radical (unpaired) electrons. The zero-order chi connectivity index (χ0) is 11.5. The number of carbonyl (C=O) groups excluding carboxylic acids is 1. The van der Waals surface area contributed by atoms with Crippen LogP contribution in [-0.4, -0.2) is 15.9 Å². The monoisotopic (exact) mass is 239 g/mol. The Morgan fingerprint density at radius 3 is 2.81 bits per heavy atom. The summed E-state index contributed by atoms with van der Waals surface area (Å²) in [7, 11) is 0. The van der Waals surface area contributed by atoms with E-state index in [-0.39, 0.29) is 17.0 Å². The first-order chi connectivity index (χ1) is 7.68. The molecule has 1 aliphatic carbocycles. The molecule has 2 rings (SSSR count). The van der Waals surface area contributed by atoms with Crippen LogP contribution < -0.4 is 5.32 Å². The van der Waals surface area contributed by atoms with Crippen molar-refractivity contribution in [3.63, 3.8) is 0 Å². The van der Waals surface area contributed by atoms with E-state index in [1.165, 1.54) is 12.4 Å². The highest BCUT2D eigenvalue weighted by atomic mass is 35.5. The molecule has 1 heterocycles. The molecule has 1 N–H and O–H groups in total.